The molecule has 6 nitrogen and oxygen atoms in total. The van der Waals surface area contributed by atoms with E-state index in [1.165, 1.54) is 18.5 Å². The van der Waals surface area contributed by atoms with Gasteiger partial charge in [0.05, 0.1) is 5.56 Å². The summed E-state index contributed by atoms with van der Waals surface area (Å²) in [7, 11) is 0. The molecule has 1 fully saturated rings. The van der Waals surface area contributed by atoms with Crippen molar-refractivity contribution in [1.82, 2.24) is 14.9 Å². The first-order chi connectivity index (χ1) is 12.4. The van der Waals surface area contributed by atoms with Gasteiger partial charge in [-0.2, -0.15) is 13.2 Å². The van der Waals surface area contributed by atoms with Crippen LogP contribution in [0.5, 0.6) is 0 Å². The molecule has 1 aliphatic heterocycles. The highest BCUT2D eigenvalue weighted by Gasteiger charge is 2.30. The second-order valence-corrected chi connectivity index (χ2v) is 6.01. The number of likely N-dealkylation sites (tertiary alicyclic amines) is 1. The molecule has 0 aliphatic carbocycles. The Kier molecular flexibility index (Phi) is 5.24. The maximum absolute atomic E-state index is 12.6. The van der Waals surface area contributed by atoms with Gasteiger partial charge in [0.2, 0.25) is 0 Å². The fraction of sp³-hybridized carbons (Fsp3) is 0.353. The van der Waals surface area contributed by atoms with E-state index >= 15 is 0 Å². The van der Waals surface area contributed by atoms with Crippen LogP contribution < -0.4 is 10.6 Å². The number of carbonyl (C=O) groups is 1. The molecule has 0 bridgehead atoms. The number of alkyl halides is 3. The topological polar surface area (TPSA) is 70.2 Å². The maximum atomic E-state index is 12.6. The van der Waals surface area contributed by atoms with Crippen LogP contribution in [0.3, 0.4) is 0 Å². The van der Waals surface area contributed by atoms with Crippen LogP contribution in [-0.2, 0) is 6.18 Å². The van der Waals surface area contributed by atoms with E-state index in [-0.39, 0.29) is 12.1 Å². The molecule has 0 atom stereocenters. The summed E-state index contributed by atoms with van der Waals surface area (Å²) in [5, 5.41) is 5.93. The first kappa shape index (κ1) is 18.0. The second-order valence-electron chi connectivity index (χ2n) is 6.01. The Morgan fingerprint density at radius 2 is 1.81 bits per heavy atom. The Morgan fingerprint density at radius 1 is 1.12 bits per heavy atom. The molecule has 2 amide bonds. The van der Waals surface area contributed by atoms with E-state index in [2.05, 4.69) is 20.6 Å². The minimum Gasteiger partial charge on any atom is -0.367 e. The molecule has 0 radical (unpaired) electrons. The molecule has 9 heteroatoms. The quantitative estimate of drug-likeness (QED) is 0.872. The van der Waals surface area contributed by atoms with Crippen molar-refractivity contribution < 1.29 is 18.0 Å². The van der Waals surface area contributed by atoms with Crippen LogP contribution in [0.2, 0.25) is 0 Å². The van der Waals surface area contributed by atoms with Crippen molar-refractivity contribution in [2.75, 3.05) is 23.7 Å². The highest BCUT2D eigenvalue weighted by molar-refractivity contribution is 5.89. The van der Waals surface area contributed by atoms with Crippen LogP contribution in [0.1, 0.15) is 18.4 Å². The van der Waals surface area contributed by atoms with Gasteiger partial charge >= 0.3 is 12.2 Å². The van der Waals surface area contributed by atoms with Crippen molar-refractivity contribution in [3.63, 3.8) is 0 Å². The smallest absolute Gasteiger partial charge is 0.367 e. The van der Waals surface area contributed by atoms with E-state index in [1.807, 2.05) is 0 Å². The van der Waals surface area contributed by atoms with Crippen LogP contribution in [0.15, 0.2) is 42.9 Å². The Bertz CT molecular complexity index is 728. The molecule has 1 aromatic heterocycles. The Balaban J connectivity index is 1.49. The lowest BCUT2D eigenvalue weighted by Gasteiger charge is -2.32. The number of amides is 2. The van der Waals surface area contributed by atoms with Crippen LogP contribution in [0.25, 0.3) is 0 Å². The van der Waals surface area contributed by atoms with Gasteiger partial charge in [-0.25, -0.2) is 14.8 Å². The molecule has 0 spiro atoms. The summed E-state index contributed by atoms with van der Waals surface area (Å²) in [6.07, 6.45) is 0.243. The number of nitrogens with zero attached hydrogens (tertiary/aromatic N) is 3. The average molecular weight is 365 g/mol. The number of carbonyl (C=O) groups excluding carboxylic acids is 1. The summed E-state index contributed by atoms with van der Waals surface area (Å²) in [6, 6.07) is 6.09. The molecule has 1 aliphatic rings. The summed E-state index contributed by atoms with van der Waals surface area (Å²) in [6.45, 7) is 1.10. The number of nitrogens with one attached hydrogen (secondary N) is 2. The largest absolute Gasteiger partial charge is 0.416 e. The first-order valence-electron chi connectivity index (χ1n) is 8.17. The summed E-state index contributed by atoms with van der Waals surface area (Å²) >= 11 is 0. The molecule has 2 N–H and O–H groups in total. The Labute approximate surface area is 148 Å². The van der Waals surface area contributed by atoms with Crippen LogP contribution in [-0.4, -0.2) is 40.0 Å². The third kappa shape index (κ3) is 4.62. The van der Waals surface area contributed by atoms with E-state index < -0.39 is 11.7 Å². The zero-order chi connectivity index (χ0) is 18.6. The van der Waals surface area contributed by atoms with Gasteiger partial charge in [0.1, 0.15) is 12.1 Å². The van der Waals surface area contributed by atoms with E-state index in [4.69, 9.17) is 0 Å². The van der Waals surface area contributed by atoms with E-state index in [9.17, 15) is 18.0 Å². The monoisotopic (exact) mass is 365 g/mol. The molecule has 0 unspecified atom stereocenters. The van der Waals surface area contributed by atoms with E-state index in [0.717, 1.165) is 30.8 Å². The van der Waals surface area contributed by atoms with Crippen LogP contribution >= 0.6 is 0 Å². The normalized spacial score (nSPS) is 15.6. The van der Waals surface area contributed by atoms with E-state index in [1.54, 1.807) is 17.2 Å². The lowest BCUT2D eigenvalue weighted by atomic mass is 10.1. The van der Waals surface area contributed by atoms with Gasteiger partial charge in [-0.15, -0.1) is 0 Å². The molecular weight excluding hydrogens is 347 g/mol. The zero-order valence-corrected chi connectivity index (χ0v) is 13.8. The van der Waals surface area contributed by atoms with Crippen molar-refractivity contribution in [3.8, 4) is 0 Å². The third-order valence-electron chi connectivity index (χ3n) is 4.18. The molecule has 2 heterocycles. The number of anilines is 2. The summed E-state index contributed by atoms with van der Waals surface area (Å²) in [5.74, 6) is 0.743. The lowest BCUT2D eigenvalue weighted by Crippen LogP contribution is -2.44. The number of rotatable bonds is 3. The Hall–Kier alpha value is -2.84. The minimum atomic E-state index is -4.39. The molecular formula is C17H18F3N5O. The molecule has 1 saturated heterocycles. The predicted molar refractivity (Wildman–Crippen MR) is 90.7 cm³/mol. The van der Waals surface area contributed by atoms with Gasteiger partial charge in [0.15, 0.2) is 0 Å². The maximum Gasteiger partial charge on any atom is 0.416 e. The number of aromatic nitrogens is 2. The van der Waals surface area contributed by atoms with Gasteiger partial charge in [0.25, 0.3) is 0 Å². The standard InChI is InChI=1S/C17H18F3N5O/c18-17(19,20)12-1-3-13(4-2-12)24-16(26)25-9-6-14(7-10-25)23-15-5-8-21-11-22-15/h1-5,8,11,14H,6-7,9-10H2,(H,24,26)(H,21,22,23). The zero-order valence-electron chi connectivity index (χ0n) is 13.8. The van der Waals surface area contributed by atoms with Crippen molar-refractivity contribution >= 4 is 17.5 Å². The number of benzene rings is 1. The van der Waals surface area contributed by atoms with Crippen molar-refractivity contribution in [1.29, 1.82) is 0 Å². The molecule has 3 rings (SSSR count). The van der Waals surface area contributed by atoms with Crippen molar-refractivity contribution in [3.05, 3.63) is 48.4 Å². The van der Waals surface area contributed by atoms with Crippen molar-refractivity contribution in [2.45, 2.75) is 25.1 Å². The molecule has 138 valence electrons. The molecule has 26 heavy (non-hydrogen) atoms. The minimum absolute atomic E-state index is 0.208. The molecule has 2 aromatic rings. The van der Waals surface area contributed by atoms with Gasteiger partial charge < -0.3 is 15.5 Å². The van der Waals surface area contributed by atoms with Gasteiger partial charge in [-0.05, 0) is 43.2 Å². The van der Waals surface area contributed by atoms with Crippen LogP contribution in [0.4, 0.5) is 29.5 Å². The predicted octanol–water partition coefficient (Wildman–Crippen LogP) is 3.60. The van der Waals surface area contributed by atoms with Crippen LogP contribution in [0, 0.1) is 0 Å². The fourth-order valence-corrected chi connectivity index (χ4v) is 2.76. The van der Waals surface area contributed by atoms with Crippen molar-refractivity contribution in [2.24, 2.45) is 0 Å². The number of urea groups is 1. The second kappa shape index (κ2) is 7.59. The highest BCUT2D eigenvalue weighted by Crippen LogP contribution is 2.29. The molecule has 0 saturated carbocycles. The van der Waals surface area contributed by atoms with Gasteiger partial charge in [-0.1, -0.05) is 0 Å². The highest BCUT2D eigenvalue weighted by atomic mass is 19.4. The summed E-state index contributed by atoms with van der Waals surface area (Å²) in [4.78, 5) is 21.9. The number of halogens is 3. The number of hydrogen-bond donors (Lipinski definition) is 2. The van der Waals surface area contributed by atoms with Gasteiger partial charge in [-0.3, -0.25) is 0 Å². The first-order valence-corrected chi connectivity index (χ1v) is 8.17. The summed E-state index contributed by atoms with van der Waals surface area (Å²) < 4.78 is 37.7. The van der Waals surface area contributed by atoms with Gasteiger partial charge in [0, 0.05) is 31.0 Å². The summed E-state index contributed by atoms with van der Waals surface area (Å²) in [5.41, 5.74) is -0.406. The number of hydrogen-bond acceptors (Lipinski definition) is 4. The SMILES string of the molecule is O=C(Nc1ccc(C(F)(F)F)cc1)N1CCC(Nc2ccncn2)CC1. The number of piperidine rings is 1. The fourth-order valence-electron chi connectivity index (χ4n) is 2.76. The average Bonchev–Trinajstić information content (AvgIpc) is 2.63. The third-order valence-corrected chi connectivity index (χ3v) is 4.18. The Morgan fingerprint density at radius 3 is 2.38 bits per heavy atom. The molecule has 1 aromatic carbocycles. The van der Waals surface area contributed by atoms with E-state index in [0.29, 0.717) is 18.8 Å². The lowest BCUT2D eigenvalue weighted by molar-refractivity contribution is -0.137.